The highest BCUT2D eigenvalue weighted by Crippen LogP contribution is 2.24. The Balaban J connectivity index is 2.17. The highest BCUT2D eigenvalue weighted by atomic mass is 16.3. The number of hydrogen-bond donors (Lipinski definition) is 1. The molecule has 0 spiro atoms. The van der Waals surface area contributed by atoms with Crippen LogP contribution in [-0.4, -0.2) is 6.54 Å². The highest BCUT2D eigenvalue weighted by Gasteiger charge is 2.16. The molecule has 1 heterocycles. The zero-order chi connectivity index (χ0) is 14.4. The Morgan fingerprint density at radius 1 is 1.05 bits per heavy atom. The van der Waals surface area contributed by atoms with Gasteiger partial charge in [-0.3, -0.25) is 0 Å². The number of rotatable bonds is 7. The number of benzene rings is 1. The molecule has 0 aliphatic heterocycles. The molecule has 1 N–H and O–H groups in total. The van der Waals surface area contributed by atoms with Crippen molar-refractivity contribution in [2.75, 3.05) is 6.54 Å². The lowest BCUT2D eigenvalue weighted by atomic mass is 10.0. The lowest BCUT2D eigenvalue weighted by Crippen LogP contribution is -2.21. The van der Waals surface area contributed by atoms with Crippen molar-refractivity contribution in [2.45, 2.75) is 46.1 Å². The molecule has 2 rings (SSSR count). The van der Waals surface area contributed by atoms with Crippen molar-refractivity contribution in [3.05, 3.63) is 59.0 Å². The molecule has 0 fully saturated rings. The summed E-state index contributed by atoms with van der Waals surface area (Å²) in [4.78, 5) is 0. The van der Waals surface area contributed by atoms with Gasteiger partial charge >= 0.3 is 0 Å². The van der Waals surface area contributed by atoms with E-state index < -0.39 is 0 Å². The highest BCUT2D eigenvalue weighted by molar-refractivity contribution is 5.30. The van der Waals surface area contributed by atoms with Gasteiger partial charge in [0.1, 0.15) is 11.5 Å². The van der Waals surface area contributed by atoms with E-state index in [0.717, 1.165) is 18.1 Å². The van der Waals surface area contributed by atoms with Crippen LogP contribution in [0.25, 0.3) is 0 Å². The molecule has 0 saturated heterocycles. The third-order valence-electron chi connectivity index (χ3n) is 3.59. The average Bonchev–Trinajstić information content (AvgIpc) is 2.89. The van der Waals surface area contributed by atoms with Crippen LogP contribution in [0.1, 0.15) is 55.4 Å². The van der Waals surface area contributed by atoms with E-state index in [0.29, 0.717) is 0 Å². The van der Waals surface area contributed by atoms with Crippen molar-refractivity contribution >= 4 is 0 Å². The van der Waals surface area contributed by atoms with Gasteiger partial charge in [0.15, 0.2) is 0 Å². The fourth-order valence-electron chi connectivity index (χ4n) is 2.45. The Labute approximate surface area is 122 Å². The van der Waals surface area contributed by atoms with Crippen LogP contribution in [0, 0.1) is 6.92 Å². The third-order valence-corrected chi connectivity index (χ3v) is 3.59. The second-order valence-electron chi connectivity index (χ2n) is 5.28. The summed E-state index contributed by atoms with van der Waals surface area (Å²) < 4.78 is 5.79. The zero-order valence-corrected chi connectivity index (χ0v) is 12.8. The van der Waals surface area contributed by atoms with Gasteiger partial charge in [-0.25, -0.2) is 0 Å². The lowest BCUT2D eigenvalue weighted by molar-refractivity contribution is 0.435. The summed E-state index contributed by atoms with van der Waals surface area (Å²) >= 11 is 0. The maximum Gasteiger partial charge on any atom is 0.125 e. The number of unbranched alkanes of at least 4 members (excludes halogenated alkanes) is 1. The van der Waals surface area contributed by atoms with Crippen molar-refractivity contribution in [3.8, 4) is 0 Å². The summed E-state index contributed by atoms with van der Waals surface area (Å²) in [7, 11) is 0. The summed E-state index contributed by atoms with van der Waals surface area (Å²) in [5, 5.41) is 3.50. The van der Waals surface area contributed by atoms with Gasteiger partial charge in [-0.15, -0.1) is 0 Å². The minimum Gasteiger partial charge on any atom is -0.464 e. The molecule has 0 amide bonds. The van der Waals surface area contributed by atoms with Gasteiger partial charge in [-0.1, -0.05) is 44.5 Å². The van der Waals surface area contributed by atoms with Gasteiger partial charge in [-0.05, 0) is 49.6 Å². The molecule has 2 aromatic rings. The zero-order valence-electron chi connectivity index (χ0n) is 12.8. The van der Waals surface area contributed by atoms with E-state index in [4.69, 9.17) is 4.42 Å². The third kappa shape index (κ3) is 3.73. The summed E-state index contributed by atoms with van der Waals surface area (Å²) in [6.45, 7) is 7.26. The predicted molar refractivity (Wildman–Crippen MR) is 84.0 cm³/mol. The van der Waals surface area contributed by atoms with E-state index in [9.17, 15) is 0 Å². The Hall–Kier alpha value is -1.54. The second-order valence-corrected chi connectivity index (χ2v) is 5.28. The van der Waals surface area contributed by atoms with Crippen LogP contribution < -0.4 is 5.32 Å². The maximum absolute atomic E-state index is 5.79. The molecule has 0 aliphatic carbocycles. The van der Waals surface area contributed by atoms with E-state index in [1.54, 1.807) is 0 Å². The Morgan fingerprint density at radius 3 is 2.35 bits per heavy atom. The average molecular weight is 271 g/mol. The monoisotopic (exact) mass is 271 g/mol. The largest absolute Gasteiger partial charge is 0.464 e. The molecule has 1 aromatic carbocycles. The quantitative estimate of drug-likeness (QED) is 0.794. The SMILES string of the molecule is CCCCc1ccc(C(NCC)c2ccc(C)o2)cc1. The fourth-order valence-corrected chi connectivity index (χ4v) is 2.45. The first-order valence-electron chi connectivity index (χ1n) is 7.63. The van der Waals surface area contributed by atoms with Crippen molar-refractivity contribution in [1.29, 1.82) is 0 Å². The molecule has 0 radical (unpaired) electrons. The Bertz CT molecular complexity index is 512. The topological polar surface area (TPSA) is 25.2 Å². The van der Waals surface area contributed by atoms with Crippen molar-refractivity contribution in [1.82, 2.24) is 5.32 Å². The van der Waals surface area contributed by atoms with Crippen molar-refractivity contribution < 1.29 is 4.42 Å². The molecule has 1 atom stereocenters. The van der Waals surface area contributed by atoms with Crippen molar-refractivity contribution in [3.63, 3.8) is 0 Å². The first kappa shape index (κ1) is 14.9. The number of aryl methyl sites for hydroxylation is 2. The number of nitrogens with one attached hydrogen (secondary N) is 1. The van der Waals surface area contributed by atoms with Crippen LogP contribution in [-0.2, 0) is 6.42 Å². The summed E-state index contributed by atoms with van der Waals surface area (Å²) in [5.41, 5.74) is 2.68. The van der Waals surface area contributed by atoms with Gasteiger partial charge < -0.3 is 9.73 Å². The minimum absolute atomic E-state index is 0.147. The maximum atomic E-state index is 5.79. The van der Waals surface area contributed by atoms with Gasteiger partial charge in [-0.2, -0.15) is 0 Å². The van der Waals surface area contributed by atoms with E-state index in [2.05, 4.69) is 49.5 Å². The van der Waals surface area contributed by atoms with Crippen LogP contribution in [0.15, 0.2) is 40.8 Å². The molecule has 0 bridgehead atoms. The van der Waals surface area contributed by atoms with E-state index in [1.165, 1.54) is 30.4 Å². The summed E-state index contributed by atoms with van der Waals surface area (Å²) in [6.07, 6.45) is 3.67. The van der Waals surface area contributed by atoms with Gasteiger partial charge in [0, 0.05) is 0 Å². The standard InChI is InChI=1S/C18H25NO/c1-4-6-7-15-9-11-16(12-10-15)18(19-5-2)17-13-8-14(3)20-17/h8-13,18-19H,4-7H2,1-3H3. The lowest BCUT2D eigenvalue weighted by Gasteiger charge is -2.16. The van der Waals surface area contributed by atoms with Crippen LogP contribution in [0.5, 0.6) is 0 Å². The summed E-state index contributed by atoms with van der Waals surface area (Å²) in [5.74, 6) is 1.95. The minimum atomic E-state index is 0.147. The number of hydrogen-bond acceptors (Lipinski definition) is 2. The molecular formula is C18H25NO. The Morgan fingerprint density at radius 2 is 1.80 bits per heavy atom. The van der Waals surface area contributed by atoms with E-state index >= 15 is 0 Å². The van der Waals surface area contributed by atoms with Gasteiger partial charge in [0.05, 0.1) is 6.04 Å². The van der Waals surface area contributed by atoms with Crippen molar-refractivity contribution in [2.24, 2.45) is 0 Å². The molecule has 2 heteroatoms. The molecule has 108 valence electrons. The van der Waals surface area contributed by atoms with Gasteiger partial charge in [0.2, 0.25) is 0 Å². The fraction of sp³-hybridized carbons (Fsp3) is 0.444. The van der Waals surface area contributed by atoms with E-state index in [-0.39, 0.29) is 6.04 Å². The molecule has 1 aromatic heterocycles. The molecule has 20 heavy (non-hydrogen) atoms. The first-order chi connectivity index (χ1) is 9.74. The summed E-state index contributed by atoms with van der Waals surface area (Å²) in [6, 6.07) is 13.2. The predicted octanol–water partition coefficient (Wildman–Crippen LogP) is 4.63. The van der Waals surface area contributed by atoms with E-state index in [1.807, 2.05) is 13.0 Å². The molecule has 2 nitrogen and oxygen atoms in total. The van der Waals surface area contributed by atoms with Gasteiger partial charge in [0.25, 0.3) is 0 Å². The molecule has 1 unspecified atom stereocenters. The molecule has 0 aliphatic rings. The molecular weight excluding hydrogens is 246 g/mol. The van der Waals surface area contributed by atoms with Crippen LogP contribution in [0.2, 0.25) is 0 Å². The Kier molecular flexibility index (Phi) is 5.42. The normalized spacial score (nSPS) is 12.6. The first-order valence-corrected chi connectivity index (χ1v) is 7.63. The smallest absolute Gasteiger partial charge is 0.125 e. The molecule has 0 saturated carbocycles. The van der Waals surface area contributed by atoms with Crippen LogP contribution in [0.3, 0.4) is 0 Å². The van der Waals surface area contributed by atoms with Crippen LogP contribution in [0.4, 0.5) is 0 Å². The number of furan rings is 1. The van der Waals surface area contributed by atoms with Crippen LogP contribution >= 0.6 is 0 Å². The second kappa shape index (κ2) is 7.30.